The Labute approximate surface area is 75.7 Å². The Morgan fingerprint density at radius 2 is 2.36 bits per heavy atom. The first kappa shape index (κ1) is 8.63. The zero-order valence-corrected chi connectivity index (χ0v) is 7.51. The minimum absolute atomic E-state index is 0.259. The van der Waals surface area contributed by atoms with Gasteiger partial charge in [0.25, 0.3) is 0 Å². The van der Waals surface area contributed by atoms with Gasteiger partial charge in [0.15, 0.2) is 5.75 Å². The van der Waals surface area contributed by atoms with E-state index in [1.54, 1.807) is 0 Å². The molecule has 11 heavy (non-hydrogen) atoms. The summed E-state index contributed by atoms with van der Waals surface area (Å²) in [7, 11) is 0. The summed E-state index contributed by atoms with van der Waals surface area (Å²) in [5.74, 6) is -0.338. The lowest BCUT2D eigenvalue weighted by atomic mass is 10.5. The van der Waals surface area contributed by atoms with Gasteiger partial charge in [-0.1, -0.05) is 0 Å². The van der Waals surface area contributed by atoms with E-state index < -0.39 is 12.8 Å². The van der Waals surface area contributed by atoms with Crippen LogP contribution in [-0.2, 0) is 0 Å². The molecule has 0 atom stereocenters. The van der Waals surface area contributed by atoms with Gasteiger partial charge in [0.1, 0.15) is 0 Å². The number of hydrogen-bond acceptors (Lipinski definition) is 2. The molecule has 0 unspecified atom stereocenters. The third-order valence-corrected chi connectivity index (χ3v) is 1.84. The summed E-state index contributed by atoms with van der Waals surface area (Å²) in [4.78, 5) is 3.30. The zero-order chi connectivity index (χ0) is 8.27. The van der Waals surface area contributed by atoms with Crippen molar-refractivity contribution in [2.45, 2.75) is 0 Å². The highest BCUT2D eigenvalue weighted by Crippen LogP contribution is 2.19. The Bertz CT molecular complexity index is 256. The van der Waals surface area contributed by atoms with Crippen LogP contribution in [0.5, 0.6) is 5.75 Å². The molecule has 0 aromatic carbocycles. The summed E-state index contributed by atoms with van der Waals surface area (Å²) in [6, 6.07) is 1.17. The van der Waals surface area contributed by atoms with Crippen molar-refractivity contribution in [1.82, 2.24) is 4.98 Å². The Morgan fingerprint density at radius 3 is 2.91 bits per heavy atom. The van der Waals surface area contributed by atoms with Crippen molar-refractivity contribution in [3.05, 3.63) is 21.8 Å². The van der Waals surface area contributed by atoms with Crippen LogP contribution in [0, 0.1) is 9.52 Å². The summed E-state index contributed by atoms with van der Waals surface area (Å²) in [6.45, 7) is -0.927. The molecule has 60 valence electrons. The molecule has 2 nitrogen and oxygen atoms in total. The number of halogens is 3. The molecule has 5 heteroatoms. The molecule has 1 aromatic heterocycles. The molecule has 0 saturated heterocycles. The first-order valence-electron chi connectivity index (χ1n) is 2.74. The van der Waals surface area contributed by atoms with Crippen LogP contribution in [0.25, 0.3) is 0 Å². The lowest BCUT2D eigenvalue weighted by Crippen LogP contribution is -1.94. The zero-order valence-electron chi connectivity index (χ0n) is 5.35. The van der Waals surface area contributed by atoms with Gasteiger partial charge >= 0.3 is 0 Å². The van der Waals surface area contributed by atoms with Gasteiger partial charge in [-0.3, -0.25) is 0 Å². The van der Waals surface area contributed by atoms with Gasteiger partial charge in [-0.15, -0.1) is 0 Å². The fraction of sp³-hybridized carbons (Fsp3) is 0.167. The Balaban J connectivity index is 2.90. The van der Waals surface area contributed by atoms with Crippen molar-refractivity contribution in [2.24, 2.45) is 0 Å². The number of ether oxygens (including phenoxy) is 1. The number of alkyl halides is 1. The molecule has 0 radical (unpaired) electrons. The SMILES string of the molecule is FCOc1cnc(F)cc1I. The van der Waals surface area contributed by atoms with Gasteiger partial charge in [0, 0.05) is 6.07 Å². The largest absolute Gasteiger partial charge is 0.460 e. The maximum absolute atomic E-state index is 12.3. The van der Waals surface area contributed by atoms with Gasteiger partial charge in [-0.25, -0.2) is 9.37 Å². The van der Waals surface area contributed by atoms with Crippen molar-refractivity contribution < 1.29 is 13.5 Å². The smallest absolute Gasteiger partial charge is 0.228 e. The van der Waals surface area contributed by atoms with Crippen molar-refractivity contribution in [1.29, 1.82) is 0 Å². The van der Waals surface area contributed by atoms with Crippen LogP contribution in [0.3, 0.4) is 0 Å². The molecular formula is C6H4F2INO. The molecule has 0 aliphatic heterocycles. The monoisotopic (exact) mass is 271 g/mol. The standard InChI is InChI=1S/C6H4F2INO/c7-3-11-5-2-10-6(8)1-4(5)9/h1-2H,3H2. The molecule has 1 rings (SSSR count). The van der Waals surface area contributed by atoms with E-state index in [1.165, 1.54) is 6.07 Å². The third-order valence-electron chi connectivity index (χ3n) is 0.996. The molecule has 0 fully saturated rings. The van der Waals surface area contributed by atoms with Gasteiger partial charge in [-0.2, -0.15) is 4.39 Å². The van der Waals surface area contributed by atoms with E-state index in [0.29, 0.717) is 3.57 Å². The van der Waals surface area contributed by atoms with Crippen molar-refractivity contribution >= 4 is 22.6 Å². The average Bonchev–Trinajstić information content (AvgIpc) is 1.95. The number of pyridine rings is 1. The van der Waals surface area contributed by atoms with Gasteiger partial charge in [0.05, 0.1) is 9.77 Å². The van der Waals surface area contributed by atoms with E-state index in [0.717, 1.165) is 6.20 Å². The maximum atomic E-state index is 12.3. The number of nitrogens with zero attached hydrogens (tertiary/aromatic N) is 1. The second-order valence-corrected chi connectivity index (χ2v) is 2.85. The van der Waals surface area contributed by atoms with Crippen LogP contribution in [0.4, 0.5) is 8.78 Å². The topological polar surface area (TPSA) is 22.1 Å². The third kappa shape index (κ3) is 2.25. The van der Waals surface area contributed by atoms with E-state index in [2.05, 4.69) is 9.72 Å². The highest BCUT2D eigenvalue weighted by atomic mass is 127. The predicted octanol–water partition coefficient (Wildman–Crippen LogP) is 2.13. The van der Waals surface area contributed by atoms with E-state index in [9.17, 15) is 8.78 Å². The van der Waals surface area contributed by atoms with Crippen LogP contribution in [0.1, 0.15) is 0 Å². The van der Waals surface area contributed by atoms with Gasteiger partial charge < -0.3 is 4.74 Å². The first-order valence-corrected chi connectivity index (χ1v) is 3.81. The molecule has 0 bridgehead atoms. The molecule has 0 amide bonds. The number of aromatic nitrogens is 1. The van der Waals surface area contributed by atoms with Crippen LogP contribution in [0.2, 0.25) is 0 Å². The number of rotatable bonds is 2. The summed E-state index contributed by atoms with van der Waals surface area (Å²) in [5, 5.41) is 0. The highest BCUT2D eigenvalue weighted by Gasteiger charge is 2.02. The molecule has 0 aliphatic rings. The lowest BCUT2D eigenvalue weighted by Gasteiger charge is -2.01. The maximum Gasteiger partial charge on any atom is 0.228 e. The fourth-order valence-electron chi connectivity index (χ4n) is 0.560. The summed E-state index contributed by atoms with van der Waals surface area (Å²) in [6.07, 6.45) is 1.15. The van der Waals surface area contributed by atoms with Crippen LogP contribution < -0.4 is 4.74 Å². The minimum Gasteiger partial charge on any atom is -0.460 e. The fourth-order valence-corrected chi connectivity index (χ4v) is 1.11. The second-order valence-electron chi connectivity index (χ2n) is 1.69. The van der Waals surface area contributed by atoms with Crippen LogP contribution in [-0.4, -0.2) is 11.8 Å². The normalized spacial score (nSPS) is 9.73. The summed E-state index contributed by atoms with van der Waals surface area (Å²) < 4.78 is 28.9. The molecule has 0 aliphatic carbocycles. The average molecular weight is 271 g/mol. The second kappa shape index (κ2) is 3.80. The molecule has 0 N–H and O–H groups in total. The molecule has 1 heterocycles. The van der Waals surface area contributed by atoms with Gasteiger partial charge in [0.2, 0.25) is 12.8 Å². The van der Waals surface area contributed by atoms with Crippen molar-refractivity contribution in [3.63, 3.8) is 0 Å². The number of hydrogen-bond donors (Lipinski definition) is 0. The Morgan fingerprint density at radius 1 is 1.64 bits per heavy atom. The molecule has 0 spiro atoms. The van der Waals surface area contributed by atoms with E-state index >= 15 is 0 Å². The quantitative estimate of drug-likeness (QED) is 0.607. The van der Waals surface area contributed by atoms with E-state index in [4.69, 9.17) is 0 Å². The summed E-state index contributed by atoms with van der Waals surface area (Å²) in [5.41, 5.74) is 0. The molecule has 0 saturated carbocycles. The Kier molecular flexibility index (Phi) is 2.98. The molecular weight excluding hydrogens is 267 g/mol. The van der Waals surface area contributed by atoms with E-state index in [1.807, 2.05) is 22.6 Å². The lowest BCUT2D eigenvalue weighted by molar-refractivity contribution is 0.189. The summed E-state index contributed by atoms with van der Waals surface area (Å²) >= 11 is 1.84. The van der Waals surface area contributed by atoms with Crippen molar-refractivity contribution in [3.8, 4) is 5.75 Å². The van der Waals surface area contributed by atoms with Gasteiger partial charge in [-0.05, 0) is 22.6 Å². The highest BCUT2D eigenvalue weighted by molar-refractivity contribution is 14.1. The van der Waals surface area contributed by atoms with E-state index in [-0.39, 0.29) is 5.75 Å². The molecule has 1 aromatic rings. The van der Waals surface area contributed by atoms with Crippen molar-refractivity contribution in [2.75, 3.05) is 6.86 Å². The predicted molar refractivity (Wildman–Crippen MR) is 43.5 cm³/mol. The minimum atomic E-state index is -0.927. The van der Waals surface area contributed by atoms with Crippen LogP contribution in [0.15, 0.2) is 12.3 Å². The first-order chi connectivity index (χ1) is 5.24. The van der Waals surface area contributed by atoms with Crippen LogP contribution >= 0.6 is 22.6 Å². The Hall–Kier alpha value is -0.460.